The minimum atomic E-state index is -1.87. The van der Waals surface area contributed by atoms with Gasteiger partial charge < -0.3 is 39.4 Å². The van der Waals surface area contributed by atoms with Gasteiger partial charge in [-0.3, -0.25) is 9.59 Å². The highest BCUT2D eigenvalue weighted by molar-refractivity contribution is 5.73. The third-order valence-corrected chi connectivity index (χ3v) is 11.0. The molecule has 1 aliphatic rings. The number of allylic oxidation sites excluding steroid dienone is 12. The predicted molar refractivity (Wildman–Crippen MR) is 257 cm³/mol. The van der Waals surface area contributed by atoms with Crippen LogP contribution in [0, 0.1) is 0 Å². The maximum atomic E-state index is 12.8. The molecule has 4 N–H and O–H groups in total. The van der Waals surface area contributed by atoms with E-state index in [0.29, 0.717) is 12.8 Å². The van der Waals surface area contributed by atoms with Gasteiger partial charge in [-0.05, 0) is 83.5 Å². The van der Waals surface area contributed by atoms with Crippen LogP contribution in [0.3, 0.4) is 0 Å². The van der Waals surface area contributed by atoms with Crippen LogP contribution in [0.4, 0.5) is 0 Å². The first-order valence-corrected chi connectivity index (χ1v) is 25.0. The van der Waals surface area contributed by atoms with Gasteiger partial charge in [-0.25, -0.2) is 4.79 Å². The second-order valence-corrected chi connectivity index (χ2v) is 16.9. The fourth-order valence-corrected chi connectivity index (χ4v) is 7.14. The van der Waals surface area contributed by atoms with Gasteiger partial charge in [0.15, 0.2) is 18.5 Å². The number of aliphatic hydroxyl groups excluding tert-OH is 3. The first kappa shape index (κ1) is 58.7. The molecule has 1 aliphatic heterocycles. The van der Waals surface area contributed by atoms with E-state index in [0.717, 1.165) is 96.3 Å². The fraction of sp³-hybridized carbons (Fsp3) is 0.717. The van der Waals surface area contributed by atoms with Crippen molar-refractivity contribution in [3.8, 4) is 0 Å². The number of carboxylic acids is 1. The zero-order valence-electron chi connectivity index (χ0n) is 39.8. The lowest BCUT2D eigenvalue weighted by Gasteiger charge is -2.38. The van der Waals surface area contributed by atoms with Crippen molar-refractivity contribution >= 4 is 17.9 Å². The molecule has 0 aromatic rings. The van der Waals surface area contributed by atoms with Crippen molar-refractivity contribution < 1.29 is 53.8 Å². The van der Waals surface area contributed by atoms with Crippen LogP contribution >= 0.6 is 0 Å². The van der Waals surface area contributed by atoms with E-state index in [4.69, 9.17) is 18.9 Å². The van der Waals surface area contributed by atoms with Gasteiger partial charge in [0.1, 0.15) is 24.9 Å². The highest BCUT2D eigenvalue weighted by Gasteiger charge is 2.47. The Kier molecular flexibility index (Phi) is 38.8. The van der Waals surface area contributed by atoms with Crippen LogP contribution in [0.5, 0.6) is 0 Å². The molecular formula is C53H88O11. The van der Waals surface area contributed by atoms with E-state index in [9.17, 15) is 34.8 Å². The van der Waals surface area contributed by atoms with Crippen LogP contribution in [-0.4, -0.2) is 88.4 Å². The Hall–Kier alpha value is -3.35. The topological polar surface area (TPSA) is 169 Å². The number of aliphatic carboxylic acids is 1. The molecule has 1 heterocycles. The number of aliphatic hydroxyl groups is 3. The summed E-state index contributed by atoms with van der Waals surface area (Å²) >= 11 is 0. The standard InChI is InChI=1S/C53H88O11/c1-3-5-7-9-11-13-15-17-19-21-23-25-27-29-31-33-35-37-39-41-46(54)61-43-45(44-62-53-50(58)48(56)49(57)51(64-53)52(59)60)63-47(55)42-40-38-36-34-32-30-28-26-24-22-20-18-16-14-12-10-8-6-4-2/h5,7,11-14,17-20,23,25,45,48-51,53,56-58H,3-4,6,8-10,15-16,21-22,24,26-44H2,1-2H3,(H,59,60)/b7-5-,13-11-,14-12-,19-17-,20-18-,25-23-. The third kappa shape index (κ3) is 33.2. The molecule has 1 saturated heterocycles. The first-order valence-electron chi connectivity index (χ1n) is 25.0. The van der Waals surface area contributed by atoms with E-state index in [1.807, 2.05) is 0 Å². The summed E-state index contributed by atoms with van der Waals surface area (Å²) in [5, 5.41) is 39.9. The lowest BCUT2D eigenvalue weighted by molar-refractivity contribution is -0.298. The van der Waals surface area contributed by atoms with Gasteiger partial charge in [0.05, 0.1) is 6.61 Å². The molecule has 0 spiro atoms. The van der Waals surface area contributed by atoms with E-state index < -0.39 is 61.3 Å². The second kappa shape index (κ2) is 42.3. The van der Waals surface area contributed by atoms with Crippen LogP contribution < -0.4 is 0 Å². The quantitative estimate of drug-likeness (QED) is 0.0262. The SMILES string of the molecule is CC/C=C\C/C=C\C/C=C\C/C=C\CCCCCCCCC(=O)OCC(COC1OC(C(=O)O)C(O)C(O)C1O)OC(=O)CCCCCCCCCCC/C=C\C/C=C\CCCCC. The molecule has 0 aromatic heterocycles. The van der Waals surface area contributed by atoms with Crippen LogP contribution in [0.1, 0.15) is 194 Å². The van der Waals surface area contributed by atoms with Gasteiger partial charge in [-0.2, -0.15) is 0 Å². The monoisotopic (exact) mass is 901 g/mol. The Morgan fingerprint density at radius 3 is 1.39 bits per heavy atom. The average Bonchev–Trinajstić information content (AvgIpc) is 3.28. The number of carbonyl (C=O) groups is 3. The Balaban J connectivity index is 2.33. The average molecular weight is 901 g/mol. The van der Waals surface area contributed by atoms with Gasteiger partial charge in [0.2, 0.25) is 0 Å². The second-order valence-electron chi connectivity index (χ2n) is 16.9. The number of rotatable bonds is 41. The molecule has 0 aromatic carbocycles. The first-order chi connectivity index (χ1) is 31.2. The highest BCUT2D eigenvalue weighted by Crippen LogP contribution is 2.23. The van der Waals surface area contributed by atoms with Crippen LogP contribution in [0.15, 0.2) is 72.9 Å². The lowest BCUT2D eigenvalue weighted by Crippen LogP contribution is -2.60. The minimum Gasteiger partial charge on any atom is -0.479 e. The number of unbranched alkanes of at least 4 members (excludes halogenated alkanes) is 18. The molecule has 6 atom stereocenters. The number of carboxylic acid groups (broad SMARTS) is 1. The molecule has 0 amide bonds. The molecule has 1 rings (SSSR count). The van der Waals surface area contributed by atoms with Crippen LogP contribution in [0.25, 0.3) is 0 Å². The molecule has 64 heavy (non-hydrogen) atoms. The van der Waals surface area contributed by atoms with E-state index in [-0.39, 0.29) is 19.4 Å². The number of carbonyl (C=O) groups excluding carboxylic acids is 2. The summed E-state index contributed by atoms with van der Waals surface area (Å²) in [5.41, 5.74) is 0. The molecule has 0 bridgehead atoms. The van der Waals surface area contributed by atoms with Crippen molar-refractivity contribution in [1.82, 2.24) is 0 Å². The smallest absolute Gasteiger partial charge is 0.335 e. The number of esters is 2. The van der Waals surface area contributed by atoms with E-state index in [1.54, 1.807) is 0 Å². The molecular weight excluding hydrogens is 813 g/mol. The number of hydrogen-bond acceptors (Lipinski definition) is 10. The van der Waals surface area contributed by atoms with Crippen molar-refractivity contribution in [2.75, 3.05) is 13.2 Å². The largest absolute Gasteiger partial charge is 0.479 e. The Bertz CT molecular complexity index is 1340. The maximum absolute atomic E-state index is 12.8. The zero-order chi connectivity index (χ0) is 46.7. The molecule has 0 radical (unpaired) electrons. The summed E-state index contributed by atoms with van der Waals surface area (Å²) in [6.07, 6.45) is 45.1. The normalized spacial score (nSPS) is 19.9. The van der Waals surface area contributed by atoms with E-state index in [2.05, 4.69) is 86.8 Å². The molecule has 366 valence electrons. The molecule has 1 fully saturated rings. The van der Waals surface area contributed by atoms with Gasteiger partial charge in [0.25, 0.3) is 0 Å². The van der Waals surface area contributed by atoms with Gasteiger partial charge in [-0.15, -0.1) is 0 Å². The molecule has 0 saturated carbocycles. The summed E-state index contributed by atoms with van der Waals surface area (Å²) in [4.78, 5) is 37.0. The number of hydrogen-bond donors (Lipinski definition) is 4. The molecule has 11 nitrogen and oxygen atoms in total. The fourth-order valence-electron chi connectivity index (χ4n) is 7.14. The van der Waals surface area contributed by atoms with Gasteiger partial charge in [0, 0.05) is 12.8 Å². The van der Waals surface area contributed by atoms with Crippen molar-refractivity contribution in [3.63, 3.8) is 0 Å². The highest BCUT2D eigenvalue weighted by atomic mass is 16.7. The summed E-state index contributed by atoms with van der Waals surface area (Å²) in [6.45, 7) is 3.67. The Morgan fingerprint density at radius 2 is 0.922 bits per heavy atom. The molecule has 11 heteroatoms. The minimum absolute atomic E-state index is 0.171. The zero-order valence-corrected chi connectivity index (χ0v) is 39.8. The van der Waals surface area contributed by atoms with Gasteiger partial charge >= 0.3 is 17.9 Å². The van der Waals surface area contributed by atoms with Crippen molar-refractivity contribution in [2.24, 2.45) is 0 Å². The summed E-state index contributed by atoms with van der Waals surface area (Å²) in [5.74, 6) is -2.47. The molecule has 6 unspecified atom stereocenters. The van der Waals surface area contributed by atoms with Crippen molar-refractivity contribution in [1.29, 1.82) is 0 Å². The van der Waals surface area contributed by atoms with E-state index >= 15 is 0 Å². The predicted octanol–water partition coefficient (Wildman–Crippen LogP) is 11.6. The summed E-state index contributed by atoms with van der Waals surface area (Å²) in [6, 6.07) is 0. The van der Waals surface area contributed by atoms with Crippen molar-refractivity contribution in [3.05, 3.63) is 72.9 Å². The van der Waals surface area contributed by atoms with Crippen molar-refractivity contribution in [2.45, 2.75) is 230 Å². The summed E-state index contributed by atoms with van der Waals surface area (Å²) in [7, 11) is 0. The third-order valence-electron chi connectivity index (χ3n) is 11.0. The molecule has 0 aliphatic carbocycles. The maximum Gasteiger partial charge on any atom is 0.335 e. The number of ether oxygens (including phenoxy) is 4. The van der Waals surface area contributed by atoms with Crippen LogP contribution in [-0.2, 0) is 33.3 Å². The Labute approximate surface area is 387 Å². The lowest BCUT2D eigenvalue weighted by atomic mass is 9.99. The van der Waals surface area contributed by atoms with Crippen LogP contribution in [0.2, 0.25) is 0 Å². The summed E-state index contributed by atoms with van der Waals surface area (Å²) < 4.78 is 21.8. The Morgan fingerprint density at radius 1 is 0.500 bits per heavy atom. The van der Waals surface area contributed by atoms with E-state index in [1.165, 1.54) is 57.8 Å². The van der Waals surface area contributed by atoms with Gasteiger partial charge in [-0.1, -0.05) is 170 Å².